The standard InChI is InChI=1S/C20H25N3O/c1-15-5-7-18(16(2)13-15)22-20(24)8-6-17-9-10-21-19(14-17)23-11-3-4-12-23/h5,7,9-10,13-14H,3-4,6,8,11-12H2,1-2H3,(H,22,24). The van der Waals surface area contributed by atoms with E-state index in [1.807, 2.05) is 31.3 Å². The maximum Gasteiger partial charge on any atom is 0.224 e. The van der Waals surface area contributed by atoms with Crippen molar-refractivity contribution in [1.82, 2.24) is 4.98 Å². The molecule has 24 heavy (non-hydrogen) atoms. The van der Waals surface area contributed by atoms with Gasteiger partial charge in [-0.1, -0.05) is 17.7 Å². The average molecular weight is 323 g/mol. The first kappa shape index (κ1) is 16.5. The molecule has 4 heteroatoms. The van der Waals surface area contributed by atoms with E-state index in [1.165, 1.54) is 24.0 Å². The smallest absolute Gasteiger partial charge is 0.224 e. The largest absolute Gasteiger partial charge is 0.357 e. The molecule has 2 heterocycles. The zero-order chi connectivity index (χ0) is 16.9. The number of anilines is 2. The zero-order valence-corrected chi connectivity index (χ0v) is 14.5. The summed E-state index contributed by atoms with van der Waals surface area (Å²) >= 11 is 0. The monoisotopic (exact) mass is 323 g/mol. The van der Waals surface area contributed by atoms with Crippen LogP contribution < -0.4 is 10.2 Å². The first-order valence-corrected chi connectivity index (χ1v) is 8.69. The minimum absolute atomic E-state index is 0.0569. The molecule has 1 aromatic carbocycles. The van der Waals surface area contributed by atoms with Gasteiger partial charge in [0.05, 0.1) is 0 Å². The summed E-state index contributed by atoms with van der Waals surface area (Å²) in [5.74, 6) is 1.10. The van der Waals surface area contributed by atoms with Gasteiger partial charge in [-0.2, -0.15) is 0 Å². The Morgan fingerprint density at radius 3 is 2.71 bits per heavy atom. The van der Waals surface area contributed by atoms with E-state index < -0.39 is 0 Å². The third-order valence-electron chi connectivity index (χ3n) is 4.54. The van der Waals surface area contributed by atoms with Crippen molar-refractivity contribution in [3.63, 3.8) is 0 Å². The molecular weight excluding hydrogens is 298 g/mol. The van der Waals surface area contributed by atoms with Crippen LogP contribution in [-0.2, 0) is 11.2 Å². The first-order valence-electron chi connectivity index (χ1n) is 8.69. The number of hydrogen-bond donors (Lipinski definition) is 1. The number of rotatable bonds is 5. The van der Waals surface area contributed by atoms with E-state index in [4.69, 9.17) is 0 Å². The van der Waals surface area contributed by atoms with Crippen molar-refractivity contribution in [2.24, 2.45) is 0 Å². The Hall–Kier alpha value is -2.36. The zero-order valence-electron chi connectivity index (χ0n) is 14.5. The van der Waals surface area contributed by atoms with E-state index >= 15 is 0 Å². The van der Waals surface area contributed by atoms with Crippen LogP contribution in [-0.4, -0.2) is 24.0 Å². The molecule has 0 bridgehead atoms. The SMILES string of the molecule is Cc1ccc(NC(=O)CCc2ccnc(N3CCCC3)c2)c(C)c1. The number of aryl methyl sites for hydroxylation is 3. The van der Waals surface area contributed by atoms with Gasteiger partial charge >= 0.3 is 0 Å². The lowest BCUT2D eigenvalue weighted by atomic mass is 10.1. The van der Waals surface area contributed by atoms with Crippen molar-refractivity contribution in [2.45, 2.75) is 39.5 Å². The highest BCUT2D eigenvalue weighted by atomic mass is 16.1. The normalized spacial score (nSPS) is 14.0. The number of carbonyl (C=O) groups is 1. The van der Waals surface area contributed by atoms with Gasteiger partial charge in [-0.25, -0.2) is 4.98 Å². The summed E-state index contributed by atoms with van der Waals surface area (Å²) in [5.41, 5.74) is 4.38. The summed E-state index contributed by atoms with van der Waals surface area (Å²) in [4.78, 5) is 19.0. The molecule has 1 aromatic heterocycles. The third kappa shape index (κ3) is 4.13. The fourth-order valence-corrected chi connectivity index (χ4v) is 3.16. The first-order chi connectivity index (χ1) is 11.6. The van der Waals surface area contributed by atoms with Crippen LogP contribution in [0.5, 0.6) is 0 Å². The van der Waals surface area contributed by atoms with Gasteiger partial charge in [-0.05, 0) is 62.4 Å². The molecule has 0 atom stereocenters. The summed E-state index contributed by atoms with van der Waals surface area (Å²) in [6.07, 6.45) is 5.55. The number of pyridine rings is 1. The summed E-state index contributed by atoms with van der Waals surface area (Å²) in [6.45, 7) is 6.25. The fourth-order valence-electron chi connectivity index (χ4n) is 3.16. The van der Waals surface area contributed by atoms with E-state index in [9.17, 15) is 4.79 Å². The third-order valence-corrected chi connectivity index (χ3v) is 4.54. The number of nitrogens with one attached hydrogen (secondary N) is 1. The lowest BCUT2D eigenvalue weighted by Crippen LogP contribution is -2.19. The van der Waals surface area contributed by atoms with Gasteiger partial charge in [0.25, 0.3) is 0 Å². The van der Waals surface area contributed by atoms with Crippen LogP contribution in [0.4, 0.5) is 11.5 Å². The number of benzene rings is 1. The van der Waals surface area contributed by atoms with E-state index in [2.05, 4.69) is 34.3 Å². The highest BCUT2D eigenvalue weighted by Gasteiger charge is 2.14. The lowest BCUT2D eigenvalue weighted by molar-refractivity contribution is -0.116. The average Bonchev–Trinajstić information content (AvgIpc) is 3.10. The molecule has 0 unspecified atom stereocenters. The van der Waals surface area contributed by atoms with Gasteiger partial charge in [-0.3, -0.25) is 4.79 Å². The molecule has 3 rings (SSSR count). The van der Waals surface area contributed by atoms with Gasteiger partial charge < -0.3 is 10.2 Å². The van der Waals surface area contributed by atoms with Crippen LogP contribution in [0.2, 0.25) is 0 Å². The van der Waals surface area contributed by atoms with Gasteiger partial charge in [-0.15, -0.1) is 0 Å². The minimum Gasteiger partial charge on any atom is -0.357 e. The molecule has 126 valence electrons. The Labute approximate surface area is 143 Å². The summed E-state index contributed by atoms with van der Waals surface area (Å²) in [5, 5.41) is 3.01. The van der Waals surface area contributed by atoms with E-state index in [-0.39, 0.29) is 5.91 Å². The predicted octanol–water partition coefficient (Wildman–Crippen LogP) is 3.87. The summed E-state index contributed by atoms with van der Waals surface area (Å²) in [6, 6.07) is 10.2. The molecule has 1 fully saturated rings. The Balaban J connectivity index is 1.57. The fraction of sp³-hybridized carbons (Fsp3) is 0.400. The van der Waals surface area contributed by atoms with E-state index in [0.29, 0.717) is 6.42 Å². The lowest BCUT2D eigenvalue weighted by Gasteiger charge is -2.16. The Morgan fingerprint density at radius 2 is 1.96 bits per heavy atom. The number of amides is 1. The van der Waals surface area contributed by atoms with Crippen molar-refractivity contribution in [1.29, 1.82) is 0 Å². The highest BCUT2D eigenvalue weighted by Crippen LogP contribution is 2.20. The van der Waals surface area contributed by atoms with E-state index in [0.717, 1.165) is 36.6 Å². The number of aromatic nitrogens is 1. The molecule has 1 saturated heterocycles. The van der Waals surface area contributed by atoms with Crippen molar-refractivity contribution >= 4 is 17.4 Å². The van der Waals surface area contributed by atoms with Gasteiger partial charge in [0.1, 0.15) is 5.82 Å². The van der Waals surface area contributed by atoms with Crippen LogP contribution in [0.25, 0.3) is 0 Å². The number of nitrogens with zero attached hydrogens (tertiary/aromatic N) is 2. The van der Waals surface area contributed by atoms with Crippen LogP contribution in [0.3, 0.4) is 0 Å². The number of hydrogen-bond acceptors (Lipinski definition) is 3. The Bertz CT molecular complexity index is 721. The van der Waals surface area contributed by atoms with E-state index in [1.54, 1.807) is 0 Å². The maximum absolute atomic E-state index is 12.2. The minimum atomic E-state index is 0.0569. The molecular formula is C20H25N3O. The second-order valence-corrected chi connectivity index (χ2v) is 6.58. The molecule has 0 spiro atoms. The van der Waals surface area contributed by atoms with Crippen molar-refractivity contribution in [2.75, 3.05) is 23.3 Å². The van der Waals surface area contributed by atoms with Gasteiger partial charge in [0.15, 0.2) is 0 Å². The van der Waals surface area contributed by atoms with Crippen molar-refractivity contribution < 1.29 is 4.79 Å². The van der Waals surface area contributed by atoms with Gasteiger partial charge in [0.2, 0.25) is 5.91 Å². The Morgan fingerprint density at radius 1 is 1.17 bits per heavy atom. The van der Waals surface area contributed by atoms with Crippen molar-refractivity contribution in [3.05, 3.63) is 53.2 Å². The molecule has 0 saturated carbocycles. The number of carbonyl (C=O) groups excluding carboxylic acids is 1. The Kier molecular flexibility index (Phi) is 5.14. The molecule has 1 amide bonds. The quantitative estimate of drug-likeness (QED) is 0.908. The second kappa shape index (κ2) is 7.47. The summed E-state index contributed by atoms with van der Waals surface area (Å²) < 4.78 is 0. The molecule has 0 radical (unpaired) electrons. The molecule has 1 aliphatic heterocycles. The van der Waals surface area contributed by atoms with Crippen molar-refractivity contribution in [3.8, 4) is 0 Å². The summed E-state index contributed by atoms with van der Waals surface area (Å²) in [7, 11) is 0. The van der Waals surface area contributed by atoms with Gasteiger partial charge in [0, 0.05) is 31.4 Å². The predicted molar refractivity (Wildman–Crippen MR) is 98.6 cm³/mol. The molecule has 4 nitrogen and oxygen atoms in total. The van der Waals surface area contributed by atoms with Crippen LogP contribution in [0.1, 0.15) is 36.0 Å². The molecule has 1 aliphatic rings. The van der Waals surface area contributed by atoms with Crippen LogP contribution in [0, 0.1) is 13.8 Å². The maximum atomic E-state index is 12.2. The van der Waals surface area contributed by atoms with Crippen LogP contribution >= 0.6 is 0 Å². The molecule has 2 aromatic rings. The van der Waals surface area contributed by atoms with Crippen LogP contribution in [0.15, 0.2) is 36.5 Å². The molecule has 1 N–H and O–H groups in total. The topological polar surface area (TPSA) is 45.2 Å². The highest BCUT2D eigenvalue weighted by molar-refractivity contribution is 5.91. The second-order valence-electron chi connectivity index (χ2n) is 6.58. The molecule has 0 aliphatic carbocycles.